The number of nitrogens with zero attached hydrogens (tertiary/aromatic N) is 2. The molecule has 46 heavy (non-hydrogen) atoms. The van der Waals surface area contributed by atoms with E-state index in [1.165, 1.54) is 22.3 Å². The van der Waals surface area contributed by atoms with Gasteiger partial charge in [0, 0.05) is 17.3 Å². The minimum atomic E-state index is -0.122. The van der Waals surface area contributed by atoms with Crippen molar-refractivity contribution in [2.24, 2.45) is 0 Å². The van der Waals surface area contributed by atoms with Gasteiger partial charge >= 0.3 is 0 Å². The molecule has 6 rings (SSSR count). The zero-order valence-electron chi connectivity index (χ0n) is 28.5. The fourth-order valence-electron chi connectivity index (χ4n) is 6.10. The summed E-state index contributed by atoms with van der Waals surface area (Å²) in [6, 6.07) is 31.6. The first kappa shape index (κ1) is 31.7. The molecular weight excluding hydrogens is 581 g/mol. The molecular formula is C42H44N2OS. The fourth-order valence-corrected chi connectivity index (χ4v) is 7.15. The van der Waals surface area contributed by atoms with Gasteiger partial charge in [-0.25, -0.2) is 4.98 Å². The van der Waals surface area contributed by atoms with Gasteiger partial charge in [-0.15, -0.1) is 11.3 Å². The molecule has 4 heteroatoms. The van der Waals surface area contributed by atoms with Crippen LogP contribution in [0.3, 0.4) is 0 Å². The van der Waals surface area contributed by atoms with Crippen molar-refractivity contribution in [1.29, 1.82) is 0 Å². The summed E-state index contributed by atoms with van der Waals surface area (Å²) in [5, 5.41) is 11.9. The number of benzene rings is 4. The van der Waals surface area contributed by atoms with Gasteiger partial charge in [-0.3, -0.25) is 4.98 Å². The maximum absolute atomic E-state index is 11.1. The third-order valence-electron chi connectivity index (χ3n) is 8.70. The SMILES string of the molecule is CC(C)(C)c1cc(-c2cc(-c3ccccn3)c(C(C)(C)C)cc2C(C)(C)C)c2nc(-c3cc(-c4ccccc4)ccc3O)sc2c1. The van der Waals surface area contributed by atoms with Gasteiger partial charge in [0.2, 0.25) is 0 Å². The molecule has 0 saturated carbocycles. The first-order valence-corrected chi connectivity index (χ1v) is 16.9. The Bertz CT molecular complexity index is 2040. The van der Waals surface area contributed by atoms with Crippen LogP contribution >= 0.6 is 11.3 Å². The van der Waals surface area contributed by atoms with Crippen molar-refractivity contribution in [2.45, 2.75) is 78.6 Å². The van der Waals surface area contributed by atoms with Crippen molar-refractivity contribution >= 4 is 21.6 Å². The second-order valence-electron chi connectivity index (χ2n) is 15.4. The Kier molecular flexibility index (Phi) is 7.93. The predicted molar refractivity (Wildman–Crippen MR) is 197 cm³/mol. The van der Waals surface area contributed by atoms with Crippen molar-refractivity contribution < 1.29 is 5.11 Å². The molecule has 0 aliphatic carbocycles. The Morgan fingerprint density at radius 3 is 1.87 bits per heavy atom. The van der Waals surface area contributed by atoms with Gasteiger partial charge in [0.25, 0.3) is 0 Å². The molecule has 0 radical (unpaired) electrons. The van der Waals surface area contributed by atoms with Gasteiger partial charge < -0.3 is 5.11 Å². The highest BCUT2D eigenvalue weighted by Gasteiger charge is 2.29. The van der Waals surface area contributed by atoms with Gasteiger partial charge in [-0.1, -0.05) is 111 Å². The quantitative estimate of drug-likeness (QED) is 0.212. The van der Waals surface area contributed by atoms with E-state index in [2.05, 4.69) is 117 Å². The van der Waals surface area contributed by atoms with E-state index in [1.807, 2.05) is 36.5 Å². The molecule has 2 heterocycles. The number of phenols is 1. The van der Waals surface area contributed by atoms with Crippen molar-refractivity contribution in [2.75, 3.05) is 0 Å². The number of rotatable bonds is 4. The van der Waals surface area contributed by atoms with Crippen LogP contribution in [0.1, 0.15) is 79.0 Å². The molecule has 0 aliphatic rings. The highest BCUT2D eigenvalue weighted by atomic mass is 32.1. The number of thiazole rings is 1. The predicted octanol–water partition coefficient (Wildman–Crippen LogP) is 12.0. The van der Waals surface area contributed by atoms with E-state index in [-0.39, 0.29) is 22.0 Å². The molecule has 0 spiro atoms. The second kappa shape index (κ2) is 11.5. The average molecular weight is 625 g/mol. The van der Waals surface area contributed by atoms with Crippen LogP contribution in [-0.2, 0) is 16.2 Å². The lowest BCUT2D eigenvalue weighted by atomic mass is 9.74. The monoisotopic (exact) mass is 624 g/mol. The third kappa shape index (κ3) is 6.11. The summed E-state index contributed by atoms with van der Waals surface area (Å²) in [5.74, 6) is 0.235. The summed E-state index contributed by atoms with van der Waals surface area (Å²) in [7, 11) is 0. The molecule has 0 fully saturated rings. The number of pyridine rings is 1. The van der Waals surface area contributed by atoms with Gasteiger partial charge in [0.05, 0.1) is 21.5 Å². The number of hydrogen-bond acceptors (Lipinski definition) is 4. The van der Waals surface area contributed by atoms with Crippen LogP contribution in [0.2, 0.25) is 0 Å². The van der Waals surface area contributed by atoms with E-state index in [0.717, 1.165) is 48.7 Å². The third-order valence-corrected chi connectivity index (χ3v) is 9.74. The maximum Gasteiger partial charge on any atom is 0.128 e. The van der Waals surface area contributed by atoms with E-state index >= 15 is 0 Å². The summed E-state index contributed by atoms with van der Waals surface area (Å²) in [4.78, 5) is 10.1. The van der Waals surface area contributed by atoms with Gasteiger partial charge in [-0.05, 0) is 92.1 Å². The minimum Gasteiger partial charge on any atom is -0.507 e. The second-order valence-corrected chi connectivity index (χ2v) is 16.4. The Balaban J connectivity index is 1.67. The van der Waals surface area contributed by atoms with Crippen LogP contribution in [0.5, 0.6) is 5.75 Å². The summed E-state index contributed by atoms with van der Waals surface area (Å²) < 4.78 is 1.11. The molecule has 6 aromatic rings. The molecule has 0 unspecified atom stereocenters. The van der Waals surface area contributed by atoms with Crippen LogP contribution in [0.25, 0.3) is 54.3 Å². The van der Waals surface area contributed by atoms with Crippen LogP contribution < -0.4 is 0 Å². The van der Waals surface area contributed by atoms with Crippen LogP contribution in [-0.4, -0.2) is 15.1 Å². The summed E-state index contributed by atoms with van der Waals surface area (Å²) >= 11 is 1.65. The first-order chi connectivity index (χ1) is 21.6. The van der Waals surface area contributed by atoms with E-state index in [9.17, 15) is 5.11 Å². The number of fused-ring (bicyclic) bond motifs is 1. The number of aromatic hydroxyl groups is 1. The Labute approximate surface area is 278 Å². The molecule has 0 bridgehead atoms. The first-order valence-electron chi connectivity index (χ1n) is 16.1. The normalized spacial score (nSPS) is 12.5. The lowest BCUT2D eigenvalue weighted by Gasteiger charge is -2.30. The van der Waals surface area contributed by atoms with Gasteiger partial charge in [-0.2, -0.15) is 0 Å². The Morgan fingerprint density at radius 1 is 0.565 bits per heavy atom. The zero-order valence-corrected chi connectivity index (χ0v) is 29.3. The number of hydrogen-bond donors (Lipinski definition) is 1. The van der Waals surface area contributed by atoms with Crippen LogP contribution in [0.15, 0.2) is 97.2 Å². The lowest BCUT2D eigenvalue weighted by Crippen LogP contribution is -2.19. The summed E-state index contributed by atoms with van der Waals surface area (Å²) in [6.45, 7) is 20.5. The Hall–Kier alpha value is -4.28. The lowest BCUT2D eigenvalue weighted by molar-refractivity contribution is 0.477. The van der Waals surface area contributed by atoms with E-state index in [0.29, 0.717) is 0 Å². The molecule has 0 atom stereocenters. The molecule has 3 nitrogen and oxygen atoms in total. The van der Waals surface area contributed by atoms with Gasteiger partial charge in [0.15, 0.2) is 0 Å². The molecule has 4 aromatic carbocycles. The van der Waals surface area contributed by atoms with Gasteiger partial charge in [0.1, 0.15) is 10.8 Å². The maximum atomic E-state index is 11.1. The number of phenolic OH excluding ortho intramolecular Hbond substituents is 1. The average Bonchev–Trinajstić information content (AvgIpc) is 3.44. The summed E-state index contributed by atoms with van der Waals surface area (Å²) in [6.07, 6.45) is 1.88. The highest BCUT2D eigenvalue weighted by Crippen LogP contribution is 2.47. The van der Waals surface area contributed by atoms with Crippen molar-refractivity contribution in [3.05, 3.63) is 114 Å². The van der Waals surface area contributed by atoms with Crippen molar-refractivity contribution in [3.63, 3.8) is 0 Å². The molecule has 0 aliphatic heterocycles. The van der Waals surface area contributed by atoms with Crippen LogP contribution in [0.4, 0.5) is 0 Å². The Morgan fingerprint density at radius 2 is 1.24 bits per heavy atom. The topological polar surface area (TPSA) is 46.0 Å². The fraction of sp³-hybridized carbons (Fsp3) is 0.286. The molecule has 0 amide bonds. The molecule has 234 valence electrons. The largest absolute Gasteiger partial charge is 0.507 e. The smallest absolute Gasteiger partial charge is 0.128 e. The van der Waals surface area contributed by atoms with E-state index in [4.69, 9.17) is 9.97 Å². The van der Waals surface area contributed by atoms with Crippen molar-refractivity contribution in [3.8, 4) is 49.8 Å². The van der Waals surface area contributed by atoms with E-state index in [1.54, 1.807) is 17.4 Å². The number of aromatic nitrogens is 2. The van der Waals surface area contributed by atoms with E-state index < -0.39 is 0 Å². The molecule has 2 aromatic heterocycles. The standard InChI is InChI=1S/C42H44N2OS/c1-40(2,3)28-22-30(29-24-31(35-17-13-14-20-43-35)34(42(7,8)9)25-33(29)41(4,5)6)38-37(23-28)46-39(44-38)32-21-27(18-19-36(32)45)26-15-11-10-12-16-26/h10-25,45H,1-9H3. The zero-order chi connectivity index (χ0) is 33.0. The van der Waals surface area contributed by atoms with Crippen LogP contribution in [0, 0.1) is 0 Å². The van der Waals surface area contributed by atoms with Crippen molar-refractivity contribution in [1.82, 2.24) is 9.97 Å². The highest BCUT2D eigenvalue weighted by molar-refractivity contribution is 7.21. The minimum absolute atomic E-state index is 0.0699. The molecule has 1 N–H and O–H groups in total. The summed E-state index contributed by atoms with van der Waals surface area (Å²) in [5.41, 5.74) is 11.8. The molecule has 0 saturated heterocycles.